The van der Waals surface area contributed by atoms with E-state index in [0.29, 0.717) is 25.1 Å². The number of rotatable bonds is 4. The van der Waals surface area contributed by atoms with Crippen molar-refractivity contribution in [1.82, 2.24) is 10.6 Å². The van der Waals surface area contributed by atoms with E-state index in [1.54, 1.807) is 0 Å². The van der Waals surface area contributed by atoms with E-state index in [4.69, 9.17) is 11.6 Å². The van der Waals surface area contributed by atoms with Crippen molar-refractivity contribution in [2.24, 2.45) is 0 Å². The molecular weight excluding hydrogens is 415 g/mol. The summed E-state index contributed by atoms with van der Waals surface area (Å²) in [5, 5.41) is 17.2. The van der Waals surface area contributed by atoms with Crippen molar-refractivity contribution in [1.29, 1.82) is 0 Å². The molecule has 1 amide bonds. The predicted molar refractivity (Wildman–Crippen MR) is 103 cm³/mol. The minimum absolute atomic E-state index is 0. The van der Waals surface area contributed by atoms with Crippen LogP contribution in [0.15, 0.2) is 36.4 Å². The normalized spacial score (nSPS) is 18.8. The number of carbonyl (C=O) groups is 1. The third-order valence-electron chi connectivity index (χ3n) is 4.57. The number of piperidine rings is 1. The molecule has 2 N–H and O–H groups in total. The van der Waals surface area contributed by atoms with Gasteiger partial charge in [0.15, 0.2) is 11.6 Å². The lowest BCUT2D eigenvalue weighted by Gasteiger charge is -2.33. The Hall–Kier alpha value is -2.29. The number of nitro benzene ring substituents is 1. The van der Waals surface area contributed by atoms with E-state index in [-0.39, 0.29) is 28.9 Å². The number of nitrogens with one attached hydrogen (secondary N) is 2. The molecule has 2 unspecified atom stereocenters. The molecule has 0 bridgehead atoms. The molecule has 2 atom stereocenters. The van der Waals surface area contributed by atoms with Crippen LogP contribution in [-0.4, -0.2) is 30.0 Å². The van der Waals surface area contributed by atoms with Gasteiger partial charge in [-0.05, 0) is 42.8 Å². The molecule has 1 saturated heterocycles. The molecule has 0 radical (unpaired) electrons. The maximum Gasteiger partial charge on any atom is 0.283 e. The average molecular weight is 432 g/mol. The molecule has 0 aliphatic carbocycles. The molecule has 0 aromatic heterocycles. The van der Waals surface area contributed by atoms with Crippen LogP contribution in [0.2, 0.25) is 5.02 Å². The van der Waals surface area contributed by atoms with Crippen molar-refractivity contribution in [3.63, 3.8) is 0 Å². The van der Waals surface area contributed by atoms with Gasteiger partial charge >= 0.3 is 0 Å². The Morgan fingerprint density at radius 3 is 2.64 bits per heavy atom. The highest BCUT2D eigenvalue weighted by Crippen LogP contribution is 2.28. The topological polar surface area (TPSA) is 84.3 Å². The summed E-state index contributed by atoms with van der Waals surface area (Å²) in [5.74, 6) is -2.77. The molecular formula is C18H17Cl2F2N3O3. The lowest BCUT2D eigenvalue weighted by atomic mass is 9.85. The Morgan fingerprint density at radius 2 is 1.96 bits per heavy atom. The van der Waals surface area contributed by atoms with Gasteiger partial charge in [0, 0.05) is 29.6 Å². The first-order valence-electron chi connectivity index (χ1n) is 8.27. The minimum atomic E-state index is -0.954. The summed E-state index contributed by atoms with van der Waals surface area (Å²) in [7, 11) is 0. The lowest BCUT2D eigenvalue weighted by Crippen LogP contribution is -2.50. The standard InChI is InChI=1S/C18H16ClF2N3O3.ClH/c19-11-2-3-13(17(8-11)24(26)27)18(25)23-16-9-22-6-5-12(16)10-1-4-14(20)15(21)7-10;/h1-4,7-8,12,16,22H,5-6,9H2,(H,23,25);1H. The molecule has 2 aromatic rings. The van der Waals surface area contributed by atoms with Crippen LogP contribution in [0.5, 0.6) is 0 Å². The molecule has 0 saturated carbocycles. The number of hydrogen-bond acceptors (Lipinski definition) is 4. The summed E-state index contributed by atoms with van der Waals surface area (Å²) in [6, 6.07) is 7.02. The first kappa shape index (κ1) is 22.0. The van der Waals surface area contributed by atoms with E-state index >= 15 is 0 Å². The van der Waals surface area contributed by atoms with Gasteiger partial charge in [-0.3, -0.25) is 14.9 Å². The number of nitrogens with zero attached hydrogens (tertiary/aromatic N) is 1. The Labute approximate surface area is 170 Å². The Balaban J connectivity index is 0.00000280. The second-order valence-corrected chi connectivity index (χ2v) is 6.71. The highest BCUT2D eigenvalue weighted by Gasteiger charge is 2.30. The molecule has 2 aromatic carbocycles. The van der Waals surface area contributed by atoms with Gasteiger partial charge in [-0.2, -0.15) is 0 Å². The molecule has 6 nitrogen and oxygen atoms in total. The predicted octanol–water partition coefficient (Wildman–Crippen LogP) is 3.82. The van der Waals surface area contributed by atoms with Crippen LogP contribution in [0, 0.1) is 21.7 Å². The summed E-state index contributed by atoms with van der Waals surface area (Å²) < 4.78 is 26.8. The van der Waals surface area contributed by atoms with Crippen molar-refractivity contribution in [3.05, 3.63) is 74.3 Å². The number of benzene rings is 2. The fourth-order valence-corrected chi connectivity index (χ4v) is 3.41. The van der Waals surface area contributed by atoms with Gasteiger partial charge in [0.25, 0.3) is 11.6 Å². The van der Waals surface area contributed by atoms with Crippen LogP contribution >= 0.6 is 24.0 Å². The summed E-state index contributed by atoms with van der Waals surface area (Å²) in [6.45, 7) is 1.05. The summed E-state index contributed by atoms with van der Waals surface area (Å²) in [4.78, 5) is 23.2. The van der Waals surface area contributed by atoms with Gasteiger partial charge in [0.1, 0.15) is 5.56 Å². The lowest BCUT2D eigenvalue weighted by molar-refractivity contribution is -0.385. The first-order valence-corrected chi connectivity index (χ1v) is 8.65. The third kappa shape index (κ3) is 4.76. The fraction of sp³-hybridized carbons (Fsp3) is 0.278. The van der Waals surface area contributed by atoms with Gasteiger partial charge in [0.05, 0.1) is 4.92 Å². The average Bonchev–Trinajstić information content (AvgIpc) is 2.64. The number of carbonyl (C=O) groups excluding carboxylic acids is 1. The molecule has 1 aliphatic rings. The molecule has 0 spiro atoms. The second-order valence-electron chi connectivity index (χ2n) is 6.27. The molecule has 1 aliphatic heterocycles. The second kappa shape index (κ2) is 9.27. The monoisotopic (exact) mass is 431 g/mol. The summed E-state index contributed by atoms with van der Waals surface area (Å²) in [6.07, 6.45) is 0.596. The van der Waals surface area contributed by atoms with E-state index in [0.717, 1.165) is 18.2 Å². The van der Waals surface area contributed by atoms with E-state index in [2.05, 4.69) is 10.6 Å². The van der Waals surface area contributed by atoms with Crippen LogP contribution in [0.3, 0.4) is 0 Å². The van der Waals surface area contributed by atoms with Crippen molar-refractivity contribution in [2.75, 3.05) is 13.1 Å². The Kier molecular flexibility index (Phi) is 7.29. The van der Waals surface area contributed by atoms with Gasteiger partial charge in [-0.25, -0.2) is 8.78 Å². The third-order valence-corrected chi connectivity index (χ3v) is 4.81. The maximum atomic E-state index is 13.6. The van der Waals surface area contributed by atoms with Crippen LogP contribution < -0.4 is 10.6 Å². The Bertz CT molecular complexity index is 898. The highest BCUT2D eigenvalue weighted by molar-refractivity contribution is 6.31. The quantitative estimate of drug-likeness (QED) is 0.569. The molecule has 1 heterocycles. The minimum Gasteiger partial charge on any atom is -0.347 e. The van der Waals surface area contributed by atoms with Crippen molar-refractivity contribution >= 4 is 35.6 Å². The number of amides is 1. The van der Waals surface area contributed by atoms with Crippen LogP contribution in [0.4, 0.5) is 14.5 Å². The fourth-order valence-electron chi connectivity index (χ4n) is 3.25. The Morgan fingerprint density at radius 1 is 1.21 bits per heavy atom. The molecule has 150 valence electrons. The SMILES string of the molecule is Cl.O=C(NC1CNCCC1c1ccc(F)c(F)c1)c1ccc(Cl)cc1[N+](=O)[O-]. The van der Waals surface area contributed by atoms with Crippen LogP contribution in [0.25, 0.3) is 0 Å². The van der Waals surface area contributed by atoms with Crippen molar-refractivity contribution in [3.8, 4) is 0 Å². The molecule has 3 rings (SSSR count). The largest absolute Gasteiger partial charge is 0.347 e. The van der Waals surface area contributed by atoms with E-state index in [9.17, 15) is 23.7 Å². The molecule has 10 heteroatoms. The van der Waals surface area contributed by atoms with E-state index in [1.807, 2.05) is 0 Å². The van der Waals surface area contributed by atoms with Gasteiger partial charge in [0.2, 0.25) is 0 Å². The van der Waals surface area contributed by atoms with Crippen molar-refractivity contribution < 1.29 is 18.5 Å². The first-order chi connectivity index (χ1) is 12.9. The molecule has 1 fully saturated rings. The van der Waals surface area contributed by atoms with Gasteiger partial charge in [-0.1, -0.05) is 17.7 Å². The maximum absolute atomic E-state index is 13.6. The van der Waals surface area contributed by atoms with Crippen LogP contribution in [0.1, 0.15) is 28.3 Å². The zero-order valence-electron chi connectivity index (χ0n) is 14.5. The van der Waals surface area contributed by atoms with Gasteiger partial charge < -0.3 is 10.6 Å². The van der Waals surface area contributed by atoms with Crippen molar-refractivity contribution in [2.45, 2.75) is 18.4 Å². The number of hydrogen-bond donors (Lipinski definition) is 2. The molecule has 28 heavy (non-hydrogen) atoms. The van der Waals surface area contributed by atoms with E-state index in [1.165, 1.54) is 18.2 Å². The highest BCUT2D eigenvalue weighted by atomic mass is 35.5. The summed E-state index contributed by atoms with van der Waals surface area (Å²) >= 11 is 5.78. The zero-order chi connectivity index (χ0) is 19.6. The van der Waals surface area contributed by atoms with Gasteiger partial charge in [-0.15, -0.1) is 12.4 Å². The smallest absolute Gasteiger partial charge is 0.283 e. The zero-order valence-corrected chi connectivity index (χ0v) is 16.0. The van der Waals surface area contributed by atoms with E-state index < -0.39 is 34.2 Å². The van der Waals surface area contributed by atoms with Crippen LogP contribution in [-0.2, 0) is 0 Å². The number of halogens is 4. The summed E-state index contributed by atoms with van der Waals surface area (Å²) in [5.41, 5.74) is 0.0541. The number of nitro groups is 1.